The summed E-state index contributed by atoms with van der Waals surface area (Å²) in [4.78, 5) is 17.3. The number of halogens is 4. The number of hydrogen-bond acceptors (Lipinski definition) is 6. The molecule has 0 aliphatic carbocycles. The first-order valence-electron chi connectivity index (χ1n) is 15.6. The van der Waals surface area contributed by atoms with Gasteiger partial charge < -0.3 is 19.2 Å². The molecule has 2 saturated heterocycles. The Kier molecular flexibility index (Phi) is 9.51. The minimum absolute atomic E-state index is 0.0308. The van der Waals surface area contributed by atoms with Crippen LogP contribution in [0, 0.1) is 6.92 Å². The minimum Gasteiger partial charge on any atom is -0.487 e. The summed E-state index contributed by atoms with van der Waals surface area (Å²) < 4.78 is 68.1. The molecule has 3 heterocycles. The molecule has 1 amide bonds. The fourth-order valence-electron chi connectivity index (χ4n) is 6.10. The van der Waals surface area contributed by atoms with E-state index < -0.39 is 18.6 Å². The van der Waals surface area contributed by atoms with Crippen LogP contribution in [0.25, 0.3) is 11.0 Å². The summed E-state index contributed by atoms with van der Waals surface area (Å²) in [6.07, 6.45) is -4.35. The fourth-order valence-corrected chi connectivity index (χ4v) is 6.10. The van der Waals surface area contributed by atoms with Crippen LogP contribution in [-0.2, 0) is 13.1 Å². The topological polar surface area (TPSA) is 67.2 Å². The molecular formula is C35H37F4N3O4. The number of likely N-dealkylation sites (tertiary alicyclic amines) is 2. The Morgan fingerprint density at radius 2 is 1.50 bits per heavy atom. The van der Waals surface area contributed by atoms with Crippen LogP contribution in [0.2, 0.25) is 0 Å². The molecule has 4 aromatic rings. The van der Waals surface area contributed by atoms with E-state index in [1.54, 1.807) is 36.4 Å². The lowest BCUT2D eigenvalue weighted by Gasteiger charge is -2.34. The number of ether oxygens (including phenoxy) is 2. The minimum atomic E-state index is -4.71. The predicted octanol–water partition coefficient (Wildman–Crippen LogP) is 7.03. The van der Waals surface area contributed by atoms with E-state index in [1.807, 2.05) is 6.92 Å². The zero-order valence-corrected chi connectivity index (χ0v) is 25.6. The quantitative estimate of drug-likeness (QED) is 0.199. The molecular weight excluding hydrogens is 602 g/mol. The number of carbonyl (C=O) groups is 1. The van der Waals surface area contributed by atoms with Crippen molar-refractivity contribution in [2.75, 3.05) is 26.2 Å². The normalized spacial score (nSPS) is 20.1. The average Bonchev–Trinajstić information content (AvgIpc) is 3.45. The van der Waals surface area contributed by atoms with E-state index in [0.717, 1.165) is 38.0 Å². The van der Waals surface area contributed by atoms with Crippen molar-refractivity contribution >= 4 is 16.9 Å². The summed E-state index contributed by atoms with van der Waals surface area (Å²) in [6, 6.07) is 21.1. The largest absolute Gasteiger partial charge is 0.573 e. The van der Waals surface area contributed by atoms with Gasteiger partial charge in [0.2, 0.25) is 0 Å². The Morgan fingerprint density at radius 3 is 2.17 bits per heavy atom. The second-order valence-electron chi connectivity index (χ2n) is 12.2. The smallest absolute Gasteiger partial charge is 0.487 e. The van der Waals surface area contributed by atoms with Gasteiger partial charge in [-0.15, -0.1) is 13.2 Å². The molecule has 0 spiro atoms. The molecule has 6 rings (SSSR count). The van der Waals surface area contributed by atoms with E-state index in [9.17, 15) is 18.0 Å². The molecule has 3 aromatic carbocycles. The van der Waals surface area contributed by atoms with Gasteiger partial charge in [-0.1, -0.05) is 42.0 Å². The second-order valence-corrected chi connectivity index (χ2v) is 12.2. The highest BCUT2D eigenvalue weighted by atomic mass is 19.4. The first-order chi connectivity index (χ1) is 22.1. The summed E-state index contributed by atoms with van der Waals surface area (Å²) in [5.41, 5.74) is 3.79. The third-order valence-electron chi connectivity index (χ3n) is 8.58. The van der Waals surface area contributed by atoms with Crippen molar-refractivity contribution in [1.82, 2.24) is 15.1 Å². The first-order valence-corrected chi connectivity index (χ1v) is 15.6. The molecule has 0 bridgehead atoms. The summed E-state index contributed by atoms with van der Waals surface area (Å²) in [5, 5.41) is 3.76. The molecule has 0 saturated carbocycles. The molecule has 0 radical (unpaired) electrons. The molecule has 244 valence electrons. The molecule has 2 atom stereocenters. The Balaban J connectivity index is 0.966. The molecule has 1 aromatic heterocycles. The van der Waals surface area contributed by atoms with Crippen LogP contribution < -0.4 is 14.8 Å². The van der Waals surface area contributed by atoms with Gasteiger partial charge in [0.05, 0.1) is 0 Å². The van der Waals surface area contributed by atoms with Crippen molar-refractivity contribution in [3.05, 3.63) is 95.2 Å². The Morgan fingerprint density at radius 1 is 0.870 bits per heavy atom. The van der Waals surface area contributed by atoms with Crippen molar-refractivity contribution in [2.45, 2.75) is 64.0 Å². The number of alkyl halides is 4. The van der Waals surface area contributed by atoms with Gasteiger partial charge in [-0.3, -0.25) is 14.6 Å². The SMILES string of the molecule is Cc1ccc(CN2CC[C@@H](Oc3ccc4oc(C(=O)NC5CCN(Cc6ccc(OC(F)(F)F)cc6)CC5)cc4c3)[C@H](F)C2)cc1. The zero-order chi connectivity index (χ0) is 32.3. The molecule has 46 heavy (non-hydrogen) atoms. The predicted molar refractivity (Wildman–Crippen MR) is 165 cm³/mol. The first kappa shape index (κ1) is 31.9. The molecule has 7 nitrogen and oxygen atoms in total. The number of furan rings is 1. The van der Waals surface area contributed by atoms with Crippen LogP contribution in [0.5, 0.6) is 11.5 Å². The number of nitrogens with one attached hydrogen (secondary N) is 1. The van der Waals surface area contributed by atoms with Crippen LogP contribution in [-0.4, -0.2) is 66.6 Å². The van der Waals surface area contributed by atoms with Gasteiger partial charge in [-0.05, 0) is 73.7 Å². The lowest BCUT2D eigenvalue weighted by atomic mass is 10.0. The van der Waals surface area contributed by atoms with E-state index in [2.05, 4.69) is 44.1 Å². The molecule has 0 unspecified atom stereocenters. The number of amides is 1. The summed E-state index contributed by atoms with van der Waals surface area (Å²) in [6.45, 7) is 5.86. The Labute approximate surface area is 265 Å². The average molecular weight is 640 g/mol. The highest BCUT2D eigenvalue weighted by Gasteiger charge is 2.32. The van der Waals surface area contributed by atoms with Crippen molar-refractivity contribution < 1.29 is 36.2 Å². The second kappa shape index (κ2) is 13.7. The maximum absolute atomic E-state index is 15.1. The van der Waals surface area contributed by atoms with Crippen LogP contribution in [0.15, 0.2) is 77.2 Å². The van der Waals surface area contributed by atoms with Crippen LogP contribution >= 0.6 is 0 Å². The van der Waals surface area contributed by atoms with Gasteiger partial charge >= 0.3 is 6.36 Å². The van der Waals surface area contributed by atoms with Gasteiger partial charge in [0, 0.05) is 50.7 Å². The molecule has 2 aliphatic rings. The molecule has 2 fully saturated rings. The number of piperidine rings is 2. The molecule has 11 heteroatoms. The zero-order valence-electron chi connectivity index (χ0n) is 25.6. The number of hydrogen-bond donors (Lipinski definition) is 1. The summed E-state index contributed by atoms with van der Waals surface area (Å²) >= 11 is 0. The number of carbonyl (C=O) groups excluding carboxylic acids is 1. The van der Waals surface area contributed by atoms with Crippen molar-refractivity contribution in [3.8, 4) is 11.5 Å². The monoisotopic (exact) mass is 639 g/mol. The van der Waals surface area contributed by atoms with Crippen LogP contribution in [0.3, 0.4) is 0 Å². The van der Waals surface area contributed by atoms with E-state index in [-0.39, 0.29) is 23.5 Å². The number of rotatable bonds is 9. The van der Waals surface area contributed by atoms with E-state index in [1.165, 1.54) is 23.3 Å². The van der Waals surface area contributed by atoms with E-state index in [0.29, 0.717) is 42.8 Å². The highest BCUT2D eigenvalue weighted by Crippen LogP contribution is 2.28. The van der Waals surface area contributed by atoms with Gasteiger partial charge in [-0.2, -0.15) is 0 Å². The summed E-state index contributed by atoms with van der Waals surface area (Å²) in [7, 11) is 0. The molecule has 2 aliphatic heterocycles. The van der Waals surface area contributed by atoms with Gasteiger partial charge in [0.25, 0.3) is 5.91 Å². The highest BCUT2D eigenvalue weighted by molar-refractivity contribution is 5.96. The fraction of sp³-hybridized carbons (Fsp3) is 0.400. The number of benzene rings is 3. The van der Waals surface area contributed by atoms with E-state index >= 15 is 4.39 Å². The third kappa shape index (κ3) is 8.38. The van der Waals surface area contributed by atoms with Gasteiger partial charge in [-0.25, -0.2) is 4.39 Å². The Hall–Kier alpha value is -4.09. The van der Waals surface area contributed by atoms with Gasteiger partial charge in [0.15, 0.2) is 5.76 Å². The third-order valence-corrected chi connectivity index (χ3v) is 8.58. The number of fused-ring (bicyclic) bond motifs is 1. The van der Waals surface area contributed by atoms with Crippen LogP contribution in [0.1, 0.15) is 46.5 Å². The van der Waals surface area contributed by atoms with Crippen LogP contribution in [0.4, 0.5) is 17.6 Å². The Bertz CT molecular complexity index is 1620. The molecule has 1 N–H and O–H groups in total. The maximum atomic E-state index is 15.1. The summed E-state index contributed by atoms with van der Waals surface area (Å²) in [5.74, 6) is 0.186. The van der Waals surface area contributed by atoms with E-state index in [4.69, 9.17) is 9.15 Å². The van der Waals surface area contributed by atoms with Crippen molar-refractivity contribution in [3.63, 3.8) is 0 Å². The lowest BCUT2D eigenvalue weighted by Crippen LogP contribution is -2.46. The van der Waals surface area contributed by atoms with Crippen molar-refractivity contribution in [1.29, 1.82) is 0 Å². The number of aryl methyl sites for hydroxylation is 1. The standard InChI is InChI=1S/C35H37F4N3O4/c1-23-2-4-24(5-3-23)21-42-17-14-32(30(36)22-42)44-29-10-11-31-26(18-29)19-33(45-31)34(43)40-27-12-15-41(16-13-27)20-25-6-8-28(9-7-25)46-35(37,38)39/h2-11,18-19,27,30,32H,12-17,20-22H2,1H3,(H,40,43)/t30-,32-/m1/s1. The van der Waals surface area contributed by atoms with Crippen molar-refractivity contribution in [2.24, 2.45) is 0 Å². The lowest BCUT2D eigenvalue weighted by molar-refractivity contribution is -0.274. The van der Waals surface area contributed by atoms with Gasteiger partial charge in [0.1, 0.15) is 29.4 Å². The number of nitrogens with zero attached hydrogens (tertiary/aromatic N) is 2. The maximum Gasteiger partial charge on any atom is 0.573 e.